The number of nitrogens with zero attached hydrogens (tertiary/aromatic N) is 5. The van der Waals surface area contributed by atoms with Crippen LogP contribution >= 0.6 is 0 Å². The lowest BCUT2D eigenvalue weighted by Gasteiger charge is -2.17. The highest BCUT2D eigenvalue weighted by Crippen LogP contribution is 2.21. The molecule has 32 heavy (non-hydrogen) atoms. The van der Waals surface area contributed by atoms with Gasteiger partial charge >= 0.3 is 6.01 Å². The van der Waals surface area contributed by atoms with Gasteiger partial charge in [-0.05, 0) is 37.5 Å². The van der Waals surface area contributed by atoms with Gasteiger partial charge in [0, 0.05) is 43.7 Å². The van der Waals surface area contributed by atoms with Crippen molar-refractivity contribution in [3.63, 3.8) is 0 Å². The number of aryl methyl sites for hydroxylation is 1. The molecule has 1 aliphatic heterocycles. The van der Waals surface area contributed by atoms with E-state index in [4.69, 9.17) is 9.26 Å². The number of amides is 1. The van der Waals surface area contributed by atoms with Crippen LogP contribution in [0, 0.1) is 6.92 Å². The summed E-state index contributed by atoms with van der Waals surface area (Å²) in [5.41, 5.74) is 1.00. The normalized spacial score (nSPS) is 13.6. The van der Waals surface area contributed by atoms with Crippen LogP contribution in [0.4, 0.5) is 14.6 Å². The number of rotatable bonds is 8. The number of pyridine rings is 1. The summed E-state index contributed by atoms with van der Waals surface area (Å²) < 4.78 is 36.3. The molecule has 1 fully saturated rings. The van der Waals surface area contributed by atoms with Crippen molar-refractivity contribution in [2.75, 3.05) is 18.0 Å². The molecule has 0 bridgehead atoms. The molecule has 0 saturated carbocycles. The molecule has 0 radical (unpaired) electrons. The fraction of sp³-hybridized carbons (Fsp3) is 0.381. The summed E-state index contributed by atoms with van der Waals surface area (Å²) >= 11 is 0. The molecule has 1 aliphatic rings. The molecule has 0 aromatic carbocycles. The maximum atomic E-state index is 12.7. The SMILES string of the molecule is Cc1cc(N2CCCC2)nc(OCc2cc(C(=O)NCc3ccnc(C(F)F)c3)no2)n1. The molecule has 4 heterocycles. The highest BCUT2D eigenvalue weighted by molar-refractivity contribution is 5.92. The lowest BCUT2D eigenvalue weighted by Crippen LogP contribution is -2.23. The van der Waals surface area contributed by atoms with E-state index in [2.05, 4.69) is 30.3 Å². The third-order valence-electron chi connectivity index (χ3n) is 4.91. The summed E-state index contributed by atoms with van der Waals surface area (Å²) in [5.74, 6) is 0.652. The van der Waals surface area contributed by atoms with E-state index < -0.39 is 12.3 Å². The van der Waals surface area contributed by atoms with Crippen LogP contribution in [0.15, 0.2) is 35.0 Å². The fourth-order valence-corrected chi connectivity index (χ4v) is 3.32. The zero-order chi connectivity index (χ0) is 22.5. The van der Waals surface area contributed by atoms with Gasteiger partial charge in [-0.2, -0.15) is 4.98 Å². The number of carbonyl (C=O) groups is 1. The molecule has 0 atom stereocenters. The van der Waals surface area contributed by atoms with Gasteiger partial charge in [0.1, 0.15) is 11.5 Å². The van der Waals surface area contributed by atoms with E-state index in [1.165, 1.54) is 18.3 Å². The van der Waals surface area contributed by atoms with Gasteiger partial charge in [-0.15, -0.1) is 0 Å². The molecule has 0 aliphatic carbocycles. The lowest BCUT2D eigenvalue weighted by atomic mass is 10.2. The average Bonchev–Trinajstić information content (AvgIpc) is 3.48. The maximum absolute atomic E-state index is 12.7. The minimum atomic E-state index is -2.67. The van der Waals surface area contributed by atoms with Crippen LogP contribution in [0.5, 0.6) is 6.01 Å². The first-order valence-corrected chi connectivity index (χ1v) is 10.2. The Kier molecular flexibility index (Phi) is 6.52. The molecule has 11 heteroatoms. The van der Waals surface area contributed by atoms with Gasteiger partial charge in [-0.25, -0.2) is 13.8 Å². The Bertz CT molecular complexity index is 1080. The van der Waals surface area contributed by atoms with Gasteiger partial charge in [0.25, 0.3) is 12.3 Å². The van der Waals surface area contributed by atoms with Crippen LogP contribution in [0.2, 0.25) is 0 Å². The topological polar surface area (TPSA) is 106 Å². The maximum Gasteiger partial charge on any atom is 0.319 e. The largest absolute Gasteiger partial charge is 0.455 e. The van der Waals surface area contributed by atoms with Crippen molar-refractivity contribution in [3.05, 3.63) is 58.9 Å². The Morgan fingerprint density at radius 3 is 2.84 bits per heavy atom. The Morgan fingerprint density at radius 1 is 1.25 bits per heavy atom. The van der Waals surface area contributed by atoms with Gasteiger partial charge < -0.3 is 19.5 Å². The standard InChI is InChI=1S/C21H22F2N6O3/c1-13-8-18(29-6-2-3-7-29)27-21(26-13)31-12-15-10-17(28-32-15)20(30)25-11-14-4-5-24-16(9-14)19(22)23/h4-5,8-10,19H,2-3,6-7,11-12H2,1H3,(H,25,30). The van der Waals surface area contributed by atoms with E-state index in [1.807, 2.05) is 13.0 Å². The van der Waals surface area contributed by atoms with Crippen LogP contribution in [-0.4, -0.2) is 39.1 Å². The number of halogens is 2. The van der Waals surface area contributed by atoms with Crippen LogP contribution in [-0.2, 0) is 13.2 Å². The molecular formula is C21H22F2N6O3. The number of ether oxygens (including phenoxy) is 1. The molecular weight excluding hydrogens is 422 g/mol. The van der Waals surface area contributed by atoms with Crippen LogP contribution < -0.4 is 15.0 Å². The molecule has 4 rings (SSSR count). The predicted octanol–water partition coefficient (Wildman–Crippen LogP) is 3.21. The van der Waals surface area contributed by atoms with Gasteiger partial charge in [-0.3, -0.25) is 9.78 Å². The summed E-state index contributed by atoms with van der Waals surface area (Å²) in [6.45, 7) is 3.85. The second-order valence-corrected chi connectivity index (χ2v) is 7.38. The molecule has 3 aromatic rings. The highest BCUT2D eigenvalue weighted by Gasteiger charge is 2.17. The summed E-state index contributed by atoms with van der Waals surface area (Å²) in [6, 6.07) is 6.38. The van der Waals surface area contributed by atoms with Gasteiger partial charge in [0.2, 0.25) is 0 Å². The monoisotopic (exact) mass is 444 g/mol. The Balaban J connectivity index is 1.33. The number of hydrogen-bond acceptors (Lipinski definition) is 8. The smallest absolute Gasteiger partial charge is 0.319 e. The van der Waals surface area contributed by atoms with Crippen molar-refractivity contribution < 1.29 is 22.8 Å². The number of anilines is 1. The molecule has 168 valence electrons. The molecule has 3 aromatic heterocycles. The number of hydrogen-bond donors (Lipinski definition) is 1. The first-order valence-electron chi connectivity index (χ1n) is 10.2. The fourth-order valence-electron chi connectivity index (χ4n) is 3.32. The minimum Gasteiger partial charge on any atom is -0.455 e. The average molecular weight is 444 g/mol. The second kappa shape index (κ2) is 9.67. The first-order chi connectivity index (χ1) is 15.5. The van der Waals surface area contributed by atoms with Crippen LogP contribution in [0.1, 0.15) is 52.5 Å². The summed E-state index contributed by atoms with van der Waals surface area (Å²) in [7, 11) is 0. The number of alkyl halides is 2. The summed E-state index contributed by atoms with van der Waals surface area (Å²) in [5, 5.41) is 6.35. The van der Waals surface area contributed by atoms with Crippen LogP contribution in [0.25, 0.3) is 0 Å². The van der Waals surface area contributed by atoms with Gasteiger partial charge in [-0.1, -0.05) is 5.16 Å². The Labute approximate surface area is 182 Å². The first kappa shape index (κ1) is 21.6. The van der Waals surface area contributed by atoms with E-state index in [0.717, 1.165) is 37.4 Å². The van der Waals surface area contributed by atoms with Crippen molar-refractivity contribution in [1.82, 2.24) is 25.4 Å². The van der Waals surface area contributed by atoms with Crippen molar-refractivity contribution in [1.29, 1.82) is 0 Å². The number of nitrogens with one attached hydrogen (secondary N) is 1. The third-order valence-corrected chi connectivity index (χ3v) is 4.91. The molecule has 9 nitrogen and oxygen atoms in total. The molecule has 1 amide bonds. The van der Waals surface area contributed by atoms with Gasteiger partial charge in [0.15, 0.2) is 18.1 Å². The van der Waals surface area contributed by atoms with E-state index in [9.17, 15) is 13.6 Å². The zero-order valence-corrected chi connectivity index (χ0v) is 17.4. The van der Waals surface area contributed by atoms with Crippen molar-refractivity contribution in [3.8, 4) is 6.01 Å². The lowest BCUT2D eigenvalue weighted by molar-refractivity contribution is 0.0941. The van der Waals surface area contributed by atoms with Crippen molar-refractivity contribution >= 4 is 11.7 Å². The summed E-state index contributed by atoms with van der Waals surface area (Å²) in [4.78, 5) is 26.8. The minimum absolute atomic E-state index is 0.00523. The summed E-state index contributed by atoms with van der Waals surface area (Å²) in [6.07, 6.45) is 0.872. The molecule has 1 N–H and O–H groups in total. The quantitative estimate of drug-likeness (QED) is 0.565. The van der Waals surface area contributed by atoms with E-state index in [0.29, 0.717) is 11.3 Å². The van der Waals surface area contributed by atoms with Crippen LogP contribution in [0.3, 0.4) is 0 Å². The van der Waals surface area contributed by atoms with Crippen molar-refractivity contribution in [2.24, 2.45) is 0 Å². The molecule has 0 unspecified atom stereocenters. The zero-order valence-electron chi connectivity index (χ0n) is 17.4. The predicted molar refractivity (Wildman–Crippen MR) is 109 cm³/mol. The van der Waals surface area contributed by atoms with Gasteiger partial charge in [0.05, 0.1) is 0 Å². The van der Waals surface area contributed by atoms with Crippen molar-refractivity contribution in [2.45, 2.75) is 39.3 Å². The van der Waals surface area contributed by atoms with E-state index in [1.54, 1.807) is 6.07 Å². The van der Waals surface area contributed by atoms with E-state index >= 15 is 0 Å². The molecule has 1 saturated heterocycles. The van der Waals surface area contributed by atoms with E-state index in [-0.39, 0.29) is 30.5 Å². The second-order valence-electron chi connectivity index (χ2n) is 7.38. The number of aromatic nitrogens is 4. The molecule has 0 spiro atoms. The third kappa shape index (κ3) is 5.34. The number of carbonyl (C=O) groups excluding carboxylic acids is 1. The highest BCUT2D eigenvalue weighted by atomic mass is 19.3. The Hall–Kier alpha value is -3.63. The Morgan fingerprint density at radius 2 is 2.06 bits per heavy atom.